The largest absolute Gasteiger partial charge is 0.0790 e. The van der Waals surface area contributed by atoms with Crippen molar-refractivity contribution >= 4 is 11.6 Å². The Hall–Kier alpha value is -2.86. The van der Waals surface area contributed by atoms with Crippen molar-refractivity contribution in [3.8, 4) is 0 Å². The molecule has 0 amide bonds. The third-order valence-electron chi connectivity index (χ3n) is 6.43. The Labute approximate surface area is 161 Å². The third-order valence-corrected chi connectivity index (χ3v) is 6.43. The molecule has 132 valence electrons. The highest BCUT2D eigenvalue weighted by Crippen LogP contribution is 2.60. The molecule has 0 saturated heterocycles. The van der Waals surface area contributed by atoms with Crippen LogP contribution in [0.3, 0.4) is 0 Å². The van der Waals surface area contributed by atoms with E-state index in [0.29, 0.717) is 11.8 Å². The van der Waals surface area contributed by atoms with Crippen molar-refractivity contribution in [3.05, 3.63) is 119 Å². The smallest absolute Gasteiger partial charge is 0.00957 e. The van der Waals surface area contributed by atoms with Crippen LogP contribution in [0.1, 0.15) is 35.1 Å². The van der Waals surface area contributed by atoms with Crippen LogP contribution < -0.4 is 0 Å². The number of rotatable bonds is 3. The second-order valence-electron chi connectivity index (χ2n) is 8.06. The summed E-state index contributed by atoms with van der Waals surface area (Å²) in [5, 5.41) is 0. The first-order valence-corrected chi connectivity index (χ1v) is 9.84. The van der Waals surface area contributed by atoms with Gasteiger partial charge in [0.05, 0.1) is 0 Å². The summed E-state index contributed by atoms with van der Waals surface area (Å²) in [6.45, 7) is 2.46. The Balaban J connectivity index is 1.60. The van der Waals surface area contributed by atoms with Gasteiger partial charge in [0.2, 0.25) is 0 Å². The fourth-order valence-electron chi connectivity index (χ4n) is 5.08. The molecule has 0 spiro atoms. The lowest BCUT2D eigenvalue weighted by Gasteiger charge is -2.32. The fourth-order valence-corrected chi connectivity index (χ4v) is 5.08. The number of fused-ring (bicyclic) bond motifs is 3. The van der Waals surface area contributed by atoms with Gasteiger partial charge in [0.1, 0.15) is 0 Å². The highest BCUT2D eigenvalue weighted by atomic mass is 14.5. The third kappa shape index (κ3) is 2.68. The predicted molar refractivity (Wildman–Crippen MR) is 114 cm³/mol. The Morgan fingerprint density at radius 3 is 2.26 bits per heavy atom. The molecule has 0 radical (unpaired) electrons. The highest BCUT2D eigenvalue weighted by molar-refractivity contribution is 5.81. The van der Waals surface area contributed by atoms with Gasteiger partial charge in [-0.25, -0.2) is 0 Å². The van der Waals surface area contributed by atoms with E-state index in [-0.39, 0.29) is 5.41 Å². The van der Waals surface area contributed by atoms with Crippen molar-refractivity contribution in [2.24, 2.45) is 11.3 Å². The number of hydrogen-bond donors (Lipinski definition) is 0. The molecule has 0 fully saturated rings. The standard InChI is InChI=1S/C27H24/c1-27-19-22-14-8-9-15-23(22)26(27)18-24(21-12-6-3-7-13-21)25(27)17-16-20-10-4-2-5-11-20/h2-18,24-25H,19H2,1H3/b17-16+/t24-,25-,27+/m1/s1. The molecule has 2 aliphatic carbocycles. The molecule has 0 nitrogen and oxygen atoms in total. The molecule has 5 rings (SSSR count). The van der Waals surface area contributed by atoms with Crippen molar-refractivity contribution in [2.75, 3.05) is 0 Å². The monoisotopic (exact) mass is 348 g/mol. The van der Waals surface area contributed by atoms with Gasteiger partial charge in [-0.15, -0.1) is 0 Å². The Morgan fingerprint density at radius 1 is 0.815 bits per heavy atom. The summed E-state index contributed by atoms with van der Waals surface area (Å²) < 4.78 is 0. The van der Waals surface area contributed by atoms with Gasteiger partial charge in [-0.2, -0.15) is 0 Å². The molecule has 27 heavy (non-hydrogen) atoms. The summed E-state index contributed by atoms with van der Waals surface area (Å²) in [5.74, 6) is 0.891. The molecule has 0 unspecified atom stereocenters. The van der Waals surface area contributed by atoms with E-state index in [9.17, 15) is 0 Å². The summed E-state index contributed by atoms with van der Waals surface area (Å²) in [6.07, 6.45) is 8.44. The minimum Gasteiger partial charge on any atom is -0.0790 e. The number of hydrogen-bond acceptors (Lipinski definition) is 0. The van der Waals surface area contributed by atoms with Crippen LogP contribution in [0.15, 0.2) is 97.1 Å². The maximum Gasteiger partial charge on any atom is 0.00957 e. The van der Waals surface area contributed by atoms with Crippen LogP contribution >= 0.6 is 0 Å². The molecule has 3 aromatic rings. The van der Waals surface area contributed by atoms with E-state index in [1.165, 1.54) is 27.8 Å². The lowest BCUT2D eigenvalue weighted by Crippen LogP contribution is -2.25. The SMILES string of the molecule is C[C@@]12Cc3ccccc3C1=C[C@H](c1ccccc1)[C@H]2/C=C/c1ccccc1. The maximum atomic E-state index is 2.54. The van der Waals surface area contributed by atoms with Crippen LogP contribution in [0.2, 0.25) is 0 Å². The Morgan fingerprint density at radius 2 is 1.48 bits per heavy atom. The Bertz CT molecular complexity index is 1010. The van der Waals surface area contributed by atoms with E-state index in [1.54, 1.807) is 0 Å². The second kappa shape index (κ2) is 6.39. The molecule has 0 N–H and O–H groups in total. The minimum atomic E-state index is 0.162. The predicted octanol–water partition coefficient (Wildman–Crippen LogP) is 6.76. The van der Waals surface area contributed by atoms with E-state index < -0.39 is 0 Å². The van der Waals surface area contributed by atoms with Gasteiger partial charge in [-0.05, 0) is 40.2 Å². The summed E-state index contributed by atoms with van der Waals surface area (Å²) >= 11 is 0. The molecular weight excluding hydrogens is 324 g/mol. The van der Waals surface area contributed by atoms with Crippen LogP contribution in [0.4, 0.5) is 0 Å². The summed E-state index contributed by atoms with van der Waals surface area (Å²) in [5.41, 5.74) is 7.34. The van der Waals surface area contributed by atoms with Crippen molar-refractivity contribution in [1.29, 1.82) is 0 Å². The van der Waals surface area contributed by atoms with Crippen molar-refractivity contribution in [2.45, 2.75) is 19.3 Å². The molecule has 0 aliphatic heterocycles. The van der Waals surface area contributed by atoms with Gasteiger partial charge in [0, 0.05) is 11.3 Å². The van der Waals surface area contributed by atoms with Crippen LogP contribution in [-0.2, 0) is 6.42 Å². The Kier molecular flexibility index (Phi) is 3.86. The van der Waals surface area contributed by atoms with E-state index in [4.69, 9.17) is 0 Å². The summed E-state index contributed by atoms with van der Waals surface area (Å²) in [7, 11) is 0. The molecule has 0 bridgehead atoms. The normalized spacial score (nSPS) is 26.0. The number of allylic oxidation sites excluding steroid dienone is 3. The lowest BCUT2D eigenvalue weighted by molar-refractivity contribution is 0.334. The van der Waals surface area contributed by atoms with Gasteiger partial charge in [0.25, 0.3) is 0 Å². The van der Waals surface area contributed by atoms with E-state index >= 15 is 0 Å². The minimum absolute atomic E-state index is 0.162. The molecule has 3 aromatic carbocycles. The average molecular weight is 348 g/mol. The van der Waals surface area contributed by atoms with Crippen LogP contribution in [-0.4, -0.2) is 0 Å². The zero-order chi connectivity index (χ0) is 18.3. The zero-order valence-corrected chi connectivity index (χ0v) is 15.7. The lowest BCUT2D eigenvalue weighted by atomic mass is 9.71. The first kappa shape index (κ1) is 16.3. The quantitative estimate of drug-likeness (QED) is 0.490. The molecule has 2 aliphatic rings. The van der Waals surface area contributed by atoms with Crippen LogP contribution in [0.25, 0.3) is 11.6 Å². The molecular formula is C27H24. The van der Waals surface area contributed by atoms with Gasteiger partial charge < -0.3 is 0 Å². The van der Waals surface area contributed by atoms with E-state index in [0.717, 1.165) is 6.42 Å². The zero-order valence-electron chi connectivity index (χ0n) is 15.7. The summed E-state index contributed by atoms with van der Waals surface area (Å²) in [4.78, 5) is 0. The van der Waals surface area contributed by atoms with Crippen LogP contribution in [0.5, 0.6) is 0 Å². The van der Waals surface area contributed by atoms with Gasteiger partial charge in [0.15, 0.2) is 0 Å². The first-order chi connectivity index (χ1) is 13.3. The maximum absolute atomic E-state index is 2.54. The topological polar surface area (TPSA) is 0 Å². The van der Waals surface area contributed by atoms with Gasteiger partial charge in [-0.1, -0.05) is 110 Å². The fraction of sp³-hybridized carbons (Fsp3) is 0.185. The van der Waals surface area contributed by atoms with E-state index in [1.807, 2.05) is 0 Å². The molecule has 0 aromatic heterocycles. The van der Waals surface area contributed by atoms with Gasteiger partial charge >= 0.3 is 0 Å². The highest BCUT2D eigenvalue weighted by Gasteiger charge is 2.49. The first-order valence-electron chi connectivity index (χ1n) is 9.84. The molecule has 0 saturated carbocycles. The van der Waals surface area contributed by atoms with Crippen molar-refractivity contribution in [3.63, 3.8) is 0 Å². The summed E-state index contributed by atoms with van der Waals surface area (Å²) in [6, 6.07) is 30.6. The molecule has 3 atom stereocenters. The van der Waals surface area contributed by atoms with E-state index in [2.05, 4.69) is 110 Å². The average Bonchev–Trinajstić information content (AvgIpc) is 3.16. The van der Waals surface area contributed by atoms with Gasteiger partial charge in [-0.3, -0.25) is 0 Å². The van der Waals surface area contributed by atoms with Crippen molar-refractivity contribution in [1.82, 2.24) is 0 Å². The van der Waals surface area contributed by atoms with Crippen molar-refractivity contribution < 1.29 is 0 Å². The van der Waals surface area contributed by atoms with Crippen LogP contribution in [0, 0.1) is 11.3 Å². The second-order valence-corrected chi connectivity index (χ2v) is 8.06. The molecule has 0 heterocycles. The number of benzene rings is 3. The molecule has 0 heteroatoms.